The topological polar surface area (TPSA) is 55.8 Å². The molecule has 0 aliphatic rings. The van der Waals surface area contributed by atoms with Crippen molar-refractivity contribution in [3.8, 4) is 0 Å². The van der Waals surface area contributed by atoms with E-state index in [4.69, 9.17) is 4.89 Å². The van der Waals surface area contributed by atoms with Crippen LogP contribution >= 0.6 is 7.82 Å². The van der Waals surface area contributed by atoms with E-state index in [1.54, 1.807) is 0 Å². The zero-order valence-corrected chi connectivity index (χ0v) is 7.93. The molecule has 0 rings (SSSR count). The molecule has 0 saturated carbocycles. The zero-order valence-electron chi connectivity index (χ0n) is 6.83. The molecule has 1 N–H and O–H groups in total. The fourth-order valence-corrected chi connectivity index (χ4v) is 0.224. The Hall–Kier alpha value is 1.37. The molecule has 0 radical (unpaired) electrons. The number of phosphoric acid groups is 1. The van der Waals surface area contributed by atoms with Crippen molar-refractivity contribution in [1.82, 2.24) is 0 Å². The van der Waals surface area contributed by atoms with E-state index in [0.717, 1.165) is 14.2 Å². The molecule has 0 atom stereocenters. The summed E-state index contributed by atoms with van der Waals surface area (Å²) in [5.41, 5.74) is 0. The van der Waals surface area contributed by atoms with E-state index in [1.807, 2.05) is 0 Å². The molecule has 0 aromatic heterocycles. The van der Waals surface area contributed by atoms with Crippen LogP contribution in [0.25, 0.3) is 0 Å². The average molecular weight is 168 g/mol. The first-order chi connectivity index (χ1) is 3.12. The van der Waals surface area contributed by atoms with Crippen molar-refractivity contribution in [3.63, 3.8) is 0 Å². The summed E-state index contributed by atoms with van der Waals surface area (Å²) >= 11 is 0. The van der Waals surface area contributed by atoms with Crippen molar-refractivity contribution in [2.24, 2.45) is 0 Å². The van der Waals surface area contributed by atoms with Gasteiger partial charge in [-0.25, -0.2) is 4.57 Å². The molecule has 6 heteroatoms. The van der Waals surface area contributed by atoms with Crippen molar-refractivity contribution in [1.29, 1.82) is 0 Å². The maximum absolute atomic E-state index is 10.1. The maximum Gasteiger partial charge on any atom is 2.00 e. The summed E-state index contributed by atoms with van der Waals surface area (Å²) < 4.78 is 18.0. The van der Waals surface area contributed by atoms with Crippen LogP contribution in [0.4, 0.5) is 0 Å². The van der Waals surface area contributed by atoms with E-state index in [0.29, 0.717) is 0 Å². The van der Waals surface area contributed by atoms with E-state index >= 15 is 0 Å². The van der Waals surface area contributed by atoms with Gasteiger partial charge in [-0.1, -0.05) is 0 Å². The molecule has 0 amide bonds. The third kappa shape index (κ3) is 5.51. The summed E-state index contributed by atoms with van der Waals surface area (Å²) in [5, 5.41) is 0. The SMILES string of the molecule is COP(=O)(O)OC.[Ca+2].[H-].[H-]. The average Bonchev–Trinajstić information content (AvgIpc) is 1.68. The van der Waals surface area contributed by atoms with Gasteiger partial charge >= 0.3 is 45.6 Å². The van der Waals surface area contributed by atoms with E-state index in [9.17, 15) is 4.57 Å². The van der Waals surface area contributed by atoms with Crippen molar-refractivity contribution in [3.05, 3.63) is 0 Å². The van der Waals surface area contributed by atoms with Gasteiger partial charge in [0.2, 0.25) is 0 Å². The second kappa shape index (κ2) is 5.18. The predicted octanol–water partition coefficient (Wildman–Crippen LogP) is 0.224. The smallest absolute Gasteiger partial charge is 1.00 e. The van der Waals surface area contributed by atoms with Crippen LogP contribution in [0.5, 0.6) is 0 Å². The van der Waals surface area contributed by atoms with Gasteiger partial charge in [0, 0.05) is 14.2 Å². The molecule has 0 bridgehead atoms. The Balaban J connectivity index is -0.0000000600. The van der Waals surface area contributed by atoms with Crippen LogP contribution in [0, 0.1) is 0 Å². The molecule has 0 aromatic rings. The zero-order chi connectivity index (χ0) is 5.91. The van der Waals surface area contributed by atoms with E-state index < -0.39 is 7.82 Å². The molecule has 0 fully saturated rings. The summed E-state index contributed by atoms with van der Waals surface area (Å²) in [5.74, 6) is 0. The van der Waals surface area contributed by atoms with E-state index in [-0.39, 0.29) is 40.6 Å². The summed E-state index contributed by atoms with van der Waals surface area (Å²) in [6.07, 6.45) is 0. The summed E-state index contributed by atoms with van der Waals surface area (Å²) in [7, 11) is -1.45. The monoisotopic (exact) mass is 168 g/mol. The van der Waals surface area contributed by atoms with Gasteiger partial charge in [-0.3, -0.25) is 9.05 Å². The Morgan fingerprint density at radius 1 is 1.50 bits per heavy atom. The van der Waals surface area contributed by atoms with Crippen LogP contribution in [0.15, 0.2) is 0 Å². The molecule has 0 aliphatic heterocycles. The predicted molar refractivity (Wildman–Crippen MR) is 31.8 cm³/mol. The van der Waals surface area contributed by atoms with Gasteiger partial charge in [-0.2, -0.15) is 0 Å². The van der Waals surface area contributed by atoms with Crippen molar-refractivity contribution in [2.45, 2.75) is 0 Å². The minimum atomic E-state index is -3.65. The van der Waals surface area contributed by atoms with Crippen molar-refractivity contribution >= 4 is 45.6 Å². The van der Waals surface area contributed by atoms with Gasteiger partial charge in [-0.15, -0.1) is 0 Å². The number of hydrogen-bond donors (Lipinski definition) is 1. The molecule has 0 spiro atoms. The first-order valence-electron chi connectivity index (χ1n) is 1.56. The first-order valence-corrected chi connectivity index (χ1v) is 3.06. The molecule has 4 nitrogen and oxygen atoms in total. The summed E-state index contributed by atoms with van der Waals surface area (Å²) in [6.45, 7) is 0. The second-order valence-corrected chi connectivity index (χ2v) is 2.50. The molecular weight excluding hydrogens is 159 g/mol. The number of phosphoric ester groups is 1. The fraction of sp³-hybridized carbons (Fsp3) is 1.00. The van der Waals surface area contributed by atoms with Gasteiger partial charge in [-0.05, 0) is 0 Å². The Bertz CT molecular complexity index is 93.3. The maximum atomic E-state index is 10.1. The minimum Gasteiger partial charge on any atom is -1.00 e. The molecule has 0 heterocycles. The van der Waals surface area contributed by atoms with Gasteiger partial charge < -0.3 is 7.75 Å². The van der Waals surface area contributed by atoms with Gasteiger partial charge in [0.15, 0.2) is 0 Å². The summed E-state index contributed by atoms with van der Waals surface area (Å²) in [6, 6.07) is 0. The largest absolute Gasteiger partial charge is 2.00 e. The molecular formula is C2H9CaO4P. The fourth-order valence-electron chi connectivity index (χ4n) is 0.0745. The number of hydrogen-bond acceptors (Lipinski definition) is 3. The Morgan fingerprint density at radius 3 is 1.75 bits per heavy atom. The van der Waals surface area contributed by atoms with Crippen LogP contribution in [0.3, 0.4) is 0 Å². The molecule has 48 valence electrons. The standard InChI is InChI=1S/C2H7O4P.Ca.2H/c1-5-7(3,4)6-2;;;/h1-2H3,(H,3,4);;;/q;+2;2*-1. The van der Waals surface area contributed by atoms with Crippen LogP contribution in [0.2, 0.25) is 0 Å². The molecule has 0 unspecified atom stereocenters. The van der Waals surface area contributed by atoms with Crippen LogP contribution in [-0.2, 0) is 13.6 Å². The normalized spacial score (nSPS) is 10.4. The molecule has 0 aromatic carbocycles. The summed E-state index contributed by atoms with van der Waals surface area (Å²) in [4.78, 5) is 8.24. The van der Waals surface area contributed by atoms with E-state index in [2.05, 4.69) is 9.05 Å². The van der Waals surface area contributed by atoms with Crippen molar-refractivity contribution in [2.75, 3.05) is 14.2 Å². The second-order valence-electron chi connectivity index (χ2n) is 0.834. The molecule has 8 heavy (non-hydrogen) atoms. The molecule has 0 saturated heterocycles. The Morgan fingerprint density at radius 2 is 1.75 bits per heavy atom. The van der Waals surface area contributed by atoms with Gasteiger partial charge in [0.25, 0.3) is 0 Å². The van der Waals surface area contributed by atoms with Crippen LogP contribution < -0.4 is 0 Å². The van der Waals surface area contributed by atoms with Crippen LogP contribution in [-0.4, -0.2) is 56.9 Å². The van der Waals surface area contributed by atoms with Crippen LogP contribution in [0.1, 0.15) is 2.85 Å². The third-order valence-corrected chi connectivity index (χ3v) is 1.38. The van der Waals surface area contributed by atoms with Crippen molar-refractivity contribution < 1.29 is 21.4 Å². The van der Waals surface area contributed by atoms with Gasteiger partial charge in [0.05, 0.1) is 0 Å². The number of rotatable bonds is 2. The molecule has 0 aliphatic carbocycles. The Kier molecular flexibility index (Phi) is 7.82. The van der Waals surface area contributed by atoms with E-state index in [1.165, 1.54) is 0 Å². The van der Waals surface area contributed by atoms with Gasteiger partial charge in [0.1, 0.15) is 0 Å². The first kappa shape index (κ1) is 12.1. The Labute approximate surface area is 80.8 Å². The third-order valence-electron chi connectivity index (χ3n) is 0.461. The minimum absolute atomic E-state index is 0. The quantitative estimate of drug-likeness (QED) is 0.473.